The molecule has 3 aromatic carbocycles. The topological polar surface area (TPSA) is 75.6 Å². The van der Waals surface area contributed by atoms with Gasteiger partial charge in [-0.15, -0.1) is 11.8 Å². The van der Waals surface area contributed by atoms with Gasteiger partial charge in [0.25, 0.3) is 5.91 Å². The third-order valence-corrected chi connectivity index (χ3v) is 5.53. The van der Waals surface area contributed by atoms with Gasteiger partial charge in [0.15, 0.2) is 0 Å². The van der Waals surface area contributed by atoms with E-state index < -0.39 is 11.9 Å². The molecule has 1 amide bonds. The molecule has 0 saturated heterocycles. The number of amides is 1. The first kappa shape index (κ1) is 25.2. The molecule has 0 spiro atoms. The van der Waals surface area contributed by atoms with Crippen LogP contribution in [0.1, 0.15) is 20.7 Å². The van der Waals surface area contributed by atoms with E-state index in [1.54, 1.807) is 17.8 Å². The number of carbonyl (C=O) groups excluding carboxylic acids is 1. The van der Waals surface area contributed by atoms with Crippen LogP contribution in [0, 0.1) is 0 Å². The van der Waals surface area contributed by atoms with E-state index in [-0.39, 0.29) is 40.7 Å². The fourth-order valence-electron chi connectivity index (χ4n) is 2.60. The molecule has 2 N–H and O–H groups in total. The average molecular weight is 470 g/mol. The number of hydrogen-bond acceptors (Lipinski definition) is 4. The molecular formula is C22H18Cl2LiNO4S. The minimum atomic E-state index is -1.18. The number of halogens is 2. The molecular weight excluding hydrogens is 452 g/mol. The van der Waals surface area contributed by atoms with Crippen LogP contribution in [-0.2, 0) is 0 Å². The van der Waals surface area contributed by atoms with E-state index in [4.69, 9.17) is 27.9 Å². The molecule has 0 saturated carbocycles. The standard InChI is InChI=1S/C22H17Cl2NO4S.Li.H/c23-14-6-8-17(19(24)12-14)21(26)25-20-9-7-15(13-18(20)22(27)28)29-10-11-30-16-4-2-1-3-5-16;;/h1-9,12-13H,10-11H2,(H,25,26)(H,27,28);;. The molecule has 0 radical (unpaired) electrons. The normalized spacial score (nSPS) is 10.1. The molecule has 3 aromatic rings. The van der Waals surface area contributed by atoms with Gasteiger partial charge in [-0.05, 0) is 48.5 Å². The second kappa shape index (κ2) is 12.1. The summed E-state index contributed by atoms with van der Waals surface area (Å²) in [5, 5.41) is 12.7. The molecule has 5 nitrogen and oxygen atoms in total. The summed E-state index contributed by atoms with van der Waals surface area (Å²) in [6.45, 7) is 0.407. The van der Waals surface area contributed by atoms with Crippen LogP contribution < -0.4 is 10.1 Å². The summed E-state index contributed by atoms with van der Waals surface area (Å²) in [5.41, 5.74) is 0.252. The average Bonchev–Trinajstić information content (AvgIpc) is 2.72. The molecule has 0 aliphatic heterocycles. The van der Waals surface area contributed by atoms with Crippen LogP contribution in [0.2, 0.25) is 10.0 Å². The van der Waals surface area contributed by atoms with Crippen LogP contribution in [0.5, 0.6) is 5.75 Å². The molecule has 0 heterocycles. The maximum absolute atomic E-state index is 12.5. The molecule has 0 unspecified atom stereocenters. The maximum atomic E-state index is 12.5. The summed E-state index contributed by atoms with van der Waals surface area (Å²) in [6.07, 6.45) is 0. The van der Waals surface area contributed by atoms with E-state index >= 15 is 0 Å². The van der Waals surface area contributed by atoms with Crippen molar-refractivity contribution in [3.63, 3.8) is 0 Å². The van der Waals surface area contributed by atoms with E-state index in [0.29, 0.717) is 23.1 Å². The molecule has 9 heteroatoms. The van der Waals surface area contributed by atoms with Crippen LogP contribution in [0.4, 0.5) is 5.69 Å². The molecule has 0 bridgehead atoms. The molecule has 0 atom stereocenters. The van der Waals surface area contributed by atoms with Crippen molar-refractivity contribution in [1.29, 1.82) is 0 Å². The Labute approximate surface area is 206 Å². The van der Waals surface area contributed by atoms with E-state index in [9.17, 15) is 14.7 Å². The van der Waals surface area contributed by atoms with Crippen molar-refractivity contribution in [3.05, 3.63) is 87.9 Å². The molecule has 0 aliphatic rings. The third-order valence-electron chi connectivity index (χ3n) is 4.01. The van der Waals surface area contributed by atoms with Gasteiger partial charge < -0.3 is 15.2 Å². The number of aromatic carboxylic acids is 1. The van der Waals surface area contributed by atoms with Crippen molar-refractivity contribution in [2.75, 3.05) is 17.7 Å². The number of thioether (sulfide) groups is 1. The predicted octanol–water partition coefficient (Wildman–Crippen LogP) is 5.47. The van der Waals surface area contributed by atoms with Crippen molar-refractivity contribution < 1.29 is 19.4 Å². The Bertz CT molecular complexity index is 1070. The number of carbonyl (C=O) groups is 2. The summed E-state index contributed by atoms with van der Waals surface area (Å²) in [5.74, 6) is -0.604. The van der Waals surface area contributed by atoms with Crippen LogP contribution in [0.15, 0.2) is 71.6 Å². The number of nitrogens with one attached hydrogen (secondary N) is 1. The Hall–Kier alpha value is -2.07. The van der Waals surface area contributed by atoms with Gasteiger partial charge in [-0.3, -0.25) is 4.79 Å². The Morgan fingerprint density at radius 3 is 2.39 bits per heavy atom. The van der Waals surface area contributed by atoms with Gasteiger partial charge in [-0.25, -0.2) is 4.79 Å². The molecule has 31 heavy (non-hydrogen) atoms. The van der Waals surface area contributed by atoms with Crippen molar-refractivity contribution in [2.45, 2.75) is 4.90 Å². The fraction of sp³-hybridized carbons (Fsp3) is 0.0909. The number of rotatable bonds is 8. The van der Waals surface area contributed by atoms with Crippen molar-refractivity contribution in [2.24, 2.45) is 0 Å². The number of benzene rings is 3. The first-order chi connectivity index (χ1) is 14.4. The monoisotopic (exact) mass is 469 g/mol. The Morgan fingerprint density at radius 1 is 0.968 bits per heavy atom. The van der Waals surface area contributed by atoms with Gasteiger partial charge >= 0.3 is 24.8 Å². The number of ether oxygens (including phenoxy) is 1. The predicted molar refractivity (Wildman–Crippen MR) is 128 cm³/mol. The van der Waals surface area contributed by atoms with E-state index in [2.05, 4.69) is 5.32 Å². The summed E-state index contributed by atoms with van der Waals surface area (Å²) < 4.78 is 5.66. The van der Waals surface area contributed by atoms with Gasteiger partial charge in [0.1, 0.15) is 5.75 Å². The summed E-state index contributed by atoms with van der Waals surface area (Å²) in [4.78, 5) is 25.3. The summed E-state index contributed by atoms with van der Waals surface area (Å²) in [7, 11) is 0. The first-order valence-electron chi connectivity index (χ1n) is 8.88. The Morgan fingerprint density at radius 2 is 1.71 bits per heavy atom. The van der Waals surface area contributed by atoms with Gasteiger partial charge in [0, 0.05) is 15.7 Å². The van der Waals surface area contributed by atoms with E-state index in [1.165, 1.54) is 30.3 Å². The Balaban J connectivity index is 0.00000341. The molecule has 156 valence electrons. The zero-order valence-corrected chi connectivity index (χ0v) is 17.9. The van der Waals surface area contributed by atoms with Crippen molar-refractivity contribution >= 4 is 71.4 Å². The van der Waals surface area contributed by atoms with E-state index in [1.807, 2.05) is 30.3 Å². The zero-order valence-electron chi connectivity index (χ0n) is 15.6. The molecule has 0 aromatic heterocycles. The number of hydrogen-bond donors (Lipinski definition) is 2. The number of carboxylic acid groups (broad SMARTS) is 1. The van der Waals surface area contributed by atoms with Crippen LogP contribution in [0.25, 0.3) is 0 Å². The number of carboxylic acids is 1. The van der Waals surface area contributed by atoms with Gasteiger partial charge in [-0.2, -0.15) is 0 Å². The van der Waals surface area contributed by atoms with Crippen LogP contribution in [0.3, 0.4) is 0 Å². The van der Waals surface area contributed by atoms with Gasteiger partial charge in [0.05, 0.1) is 28.4 Å². The second-order valence-corrected chi connectivity index (χ2v) is 8.11. The molecule has 0 fully saturated rings. The van der Waals surface area contributed by atoms with Crippen molar-refractivity contribution in [1.82, 2.24) is 0 Å². The quantitative estimate of drug-likeness (QED) is 0.260. The molecule has 3 rings (SSSR count). The summed E-state index contributed by atoms with van der Waals surface area (Å²) >= 11 is 13.5. The third kappa shape index (κ3) is 7.24. The minimum absolute atomic E-state index is 0. The number of anilines is 1. The SMILES string of the molecule is O=C(Nc1ccc(OCCSc2ccccc2)cc1C(=O)O)c1ccc(Cl)cc1Cl.[LiH]. The van der Waals surface area contributed by atoms with Crippen LogP contribution in [-0.4, -0.2) is 48.2 Å². The zero-order chi connectivity index (χ0) is 21.5. The van der Waals surface area contributed by atoms with Crippen molar-refractivity contribution in [3.8, 4) is 5.75 Å². The summed E-state index contributed by atoms with van der Waals surface area (Å²) in [6, 6.07) is 18.8. The molecule has 0 aliphatic carbocycles. The van der Waals surface area contributed by atoms with E-state index in [0.717, 1.165) is 4.90 Å². The fourth-order valence-corrected chi connectivity index (χ4v) is 3.84. The first-order valence-corrected chi connectivity index (χ1v) is 10.6. The van der Waals surface area contributed by atoms with Crippen LogP contribution >= 0.6 is 35.0 Å². The Kier molecular flexibility index (Phi) is 9.82. The van der Waals surface area contributed by atoms with Gasteiger partial charge in [0.2, 0.25) is 0 Å². The second-order valence-electron chi connectivity index (χ2n) is 6.10. The van der Waals surface area contributed by atoms with Gasteiger partial charge in [-0.1, -0.05) is 41.4 Å².